The Labute approximate surface area is 171 Å². The Morgan fingerprint density at radius 3 is 2.50 bits per heavy atom. The van der Waals surface area contributed by atoms with Gasteiger partial charge in [-0.15, -0.1) is 11.3 Å². The highest BCUT2D eigenvalue weighted by atomic mass is 32.1. The fourth-order valence-electron chi connectivity index (χ4n) is 6.69. The van der Waals surface area contributed by atoms with Crippen LogP contribution in [-0.4, -0.2) is 35.5 Å². The molecule has 1 saturated heterocycles. The van der Waals surface area contributed by atoms with Crippen LogP contribution in [0.2, 0.25) is 0 Å². The number of amides is 3. The predicted molar refractivity (Wildman–Crippen MR) is 110 cm³/mol. The molecule has 3 amide bonds. The zero-order valence-electron chi connectivity index (χ0n) is 16.5. The molecule has 2 N–H and O–H groups in total. The number of nitrogens with zero attached hydrogens (tertiary/aromatic N) is 1. The van der Waals surface area contributed by atoms with Gasteiger partial charge in [-0.05, 0) is 80.6 Å². The van der Waals surface area contributed by atoms with E-state index in [0.29, 0.717) is 13.1 Å². The van der Waals surface area contributed by atoms with E-state index in [0.717, 1.165) is 42.0 Å². The van der Waals surface area contributed by atoms with Crippen LogP contribution in [0.3, 0.4) is 0 Å². The van der Waals surface area contributed by atoms with E-state index in [-0.39, 0.29) is 23.4 Å². The number of rotatable bonds is 4. The van der Waals surface area contributed by atoms with E-state index in [4.69, 9.17) is 0 Å². The Balaban J connectivity index is 1.17. The molecule has 1 atom stereocenters. The summed E-state index contributed by atoms with van der Waals surface area (Å²) in [5.74, 6) is 2.62. The Hall–Kier alpha value is -1.56. The predicted octanol–water partition coefficient (Wildman–Crippen LogP) is 3.75. The molecule has 28 heavy (non-hydrogen) atoms. The summed E-state index contributed by atoms with van der Waals surface area (Å²) < 4.78 is 0. The number of carbonyl (C=O) groups is 2. The molecule has 0 aromatic carbocycles. The van der Waals surface area contributed by atoms with Crippen LogP contribution in [0, 0.1) is 23.7 Å². The van der Waals surface area contributed by atoms with Crippen molar-refractivity contribution >= 4 is 23.3 Å². The largest absolute Gasteiger partial charge is 0.350 e. The van der Waals surface area contributed by atoms with Gasteiger partial charge in [0.2, 0.25) is 5.91 Å². The van der Waals surface area contributed by atoms with Crippen molar-refractivity contribution in [3.8, 4) is 0 Å². The molecule has 5 aliphatic rings. The van der Waals surface area contributed by atoms with Crippen LogP contribution in [0.5, 0.6) is 0 Å². The van der Waals surface area contributed by atoms with Gasteiger partial charge in [-0.25, -0.2) is 4.79 Å². The number of urea groups is 1. The van der Waals surface area contributed by atoms with E-state index in [1.54, 1.807) is 11.3 Å². The van der Waals surface area contributed by atoms with Gasteiger partial charge in [0.05, 0.1) is 12.5 Å². The van der Waals surface area contributed by atoms with Gasteiger partial charge in [0.1, 0.15) is 0 Å². The van der Waals surface area contributed by atoms with Crippen molar-refractivity contribution in [2.75, 3.05) is 13.1 Å². The zero-order valence-corrected chi connectivity index (χ0v) is 17.3. The number of hydrogen-bond donors (Lipinski definition) is 2. The summed E-state index contributed by atoms with van der Waals surface area (Å²) in [5.41, 5.74) is 0.0650. The van der Waals surface area contributed by atoms with Crippen molar-refractivity contribution in [1.29, 1.82) is 0 Å². The van der Waals surface area contributed by atoms with Gasteiger partial charge in [-0.1, -0.05) is 6.07 Å². The fraction of sp³-hybridized carbons (Fsp3) is 0.727. The summed E-state index contributed by atoms with van der Waals surface area (Å²) >= 11 is 1.65. The lowest BCUT2D eigenvalue weighted by molar-refractivity contribution is -0.132. The lowest BCUT2D eigenvalue weighted by Gasteiger charge is -2.57. The van der Waals surface area contributed by atoms with Crippen molar-refractivity contribution in [2.24, 2.45) is 23.7 Å². The summed E-state index contributed by atoms with van der Waals surface area (Å²) in [5, 5.41) is 8.54. The second-order valence-electron chi connectivity index (χ2n) is 9.71. The van der Waals surface area contributed by atoms with Crippen LogP contribution in [0.25, 0.3) is 0 Å². The van der Waals surface area contributed by atoms with Gasteiger partial charge >= 0.3 is 6.03 Å². The third kappa shape index (κ3) is 3.68. The maximum Gasteiger partial charge on any atom is 0.317 e. The van der Waals surface area contributed by atoms with E-state index < -0.39 is 0 Å². The molecule has 4 saturated carbocycles. The summed E-state index contributed by atoms with van der Waals surface area (Å²) in [7, 11) is 0. The third-order valence-corrected chi connectivity index (χ3v) is 8.38. The molecule has 4 bridgehead atoms. The lowest BCUT2D eigenvalue weighted by Crippen LogP contribution is -2.61. The number of hydrogen-bond acceptors (Lipinski definition) is 3. The van der Waals surface area contributed by atoms with Gasteiger partial charge in [0.15, 0.2) is 0 Å². The second kappa shape index (κ2) is 7.36. The molecule has 0 radical (unpaired) electrons. The summed E-state index contributed by atoms with van der Waals surface area (Å²) in [6.45, 7) is 1.86. The minimum atomic E-state index is -0.0609. The summed E-state index contributed by atoms with van der Waals surface area (Å²) in [4.78, 5) is 28.7. The van der Waals surface area contributed by atoms with Crippen LogP contribution >= 0.6 is 11.3 Å². The highest BCUT2D eigenvalue weighted by molar-refractivity contribution is 7.09. The molecule has 1 aromatic rings. The van der Waals surface area contributed by atoms with E-state index in [9.17, 15) is 9.59 Å². The molecule has 2 heterocycles. The number of piperidine rings is 1. The first-order valence-corrected chi connectivity index (χ1v) is 11.8. The second-order valence-corrected chi connectivity index (χ2v) is 10.7. The summed E-state index contributed by atoms with van der Waals surface area (Å²) in [6.07, 6.45) is 9.51. The smallest absolute Gasteiger partial charge is 0.317 e. The Morgan fingerprint density at radius 1 is 1.14 bits per heavy atom. The minimum absolute atomic E-state index is 0.0410. The SMILES string of the molecule is O=C(NC12CC3CC(CC(C3)C1)C2)C1CCCN(C(=O)NCc2cccs2)C1. The molecule has 5 nitrogen and oxygen atoms in total. The Morgan fingerprint density at radius 2 is 1.86 bits per heavy atom. The molecule has 5 fully saturated rings. The van der Waals surface area contributed by atoms with Gasteiger partial charge in [-0.2, -0.15) is 0 Å². The maximum absolute atomic E-state index is 13.1. The average Bonchev–Trinajstić information content (AvgIpc) is 3.18. The lowest BCUT2D eigenvalue weighted by atomic mass is 9.53. The van der Waals surface area contributed by atoms with Crippen molar-refractivity contribution < 1.29 is 9.59 Å². The highest BCUT2D eigenvalue weighted by Gasteiger charge is 2.52. The quantitative estimate of drug-likeness (QED) is 0.807. The molecule has 4 aliphatic carbocycles. The van der Waals surface area contributed by atoms with Crippen LogP contribution in [0.1, 0.15) is 56.2 Å². The molecule has 1 aromatic heterocycles. The zero-order chi connectivity index (χ0) is 19.1. The summed E-state index contributed by atoms with van der Waals surface area (Å²) in [6, 6.07) is 3.99. The van der Waals surface area contributed by atoms with Gasteiger partial charge in [0, 0.05) is 23.5 Å². The number of carbonyl (C=O) groups excluding carboxylic acids is 2. The molecular weight excluding hydrogens is 370 g/mol. The van der Waals surface area contributed by atoms with Gasteiger partial charge in [-0.3, -0.25) is 4.79 Å². The van der Waals surface area contributed by atoms with E-state index >= 15 is 0 Å². The van der Waals surface area contributed by atoms with Gasteiger partial charge in [0.25, 0.3) is 0 Å². The molecule has 1 unspecified atom stereocenters. The van der Waals surface area contributed by atoms with Crippen molar-refractivity contribution in [3.63, 3.8) is 0 Å². The monoisotopic (exact) mass is 401 g/mol. The van der Waals surface area contributed by atoms with E-state index in [1.165, 1.54) is 38.5 Å². The minimum Gasteiger partial charge on any atom is -0.350 e. The first-order valence-electron chi connectivity index (χ1n) is 11.0. The van der Waals surface area contributed by atoms with Crippen LogP contribution in [0.15, 0.2) is 17.5 Å². The first-order chi connectivity index (χ1) is 13.6. The third-order valence-electron chi connectivity index (χ3n) is 7.50. The van der Waals surface area contributed by atoms with E-state index in [1.807, 2.05) is 22.4 Å². The number of nitrogens with one attached hydrogen (secondary N) is 2. The Kier molecular flexibility index (Phi) is 4.85. The van der Waals surface area contributed by atoms with Crippen molar-refractivity contribution in [1.82, 2.24) is 15.5 Å². The molecule has 6 heteroatoms. The van der Waals surface area contributed by atoms with Crippen LogP contribution in [0.4, 0.5) is 4.79 Å². The number of likely N-dealkylation sites (tertiary alicyclic amines) is 1. The molecule has 0 spiro atoms. The average molecular weight is 402 g/mol. The molecule has 6 rings (SSSR count). The van der Waals surface area contributed by atoms with Crippen LogP contribution < -0.4 is 10.6 Å². The molecule has 1 aliphatic heterocycles. The Bertz CT molecular complexity index is 697. The number of thiophene rings is 1. The van der Waals surface area contributed by atoms with E-state index in [2.05, 4.69) is 10.6 Å². The maximum atomic E-state index is 13.1. The highest BCUT2D eigenvalue weighted by Crippen LogP contribution is 2.55. The normalized spacial score (nSPS) is 36.4. The molecular formula is C22H31N3O2S. The topological polar surface area (TPSA) is 61.4 Å². The van der Waals surface area contributed by atoms with Crippen LogP contribution in [-0.2, 0) is 11.3 Å². The van der Waals surface area contributed by atoms with Crippen molar-refractivity contribution in [2.45, 2.75) is 63.5 Å². The standard InChI is InChI=1S/C22H31N3O2S/c26-20(24-22-10-15-7-16(11-22)9-17(8-15)12-22)18-3-1-5-25(14-18)21(27)23-13-19-4-2-6-28-19/h2,4,6,15-18H,1,3,5,7-14H2,(H,23,27)(H,24,26). The fourth-order valence-corrected chi connectivity index (χ4v) is 7.34. The molecule has 152 valence electrons. The van der Waals surface area contributed by atoms with Gasteiger partial charge < -0.3 is 15.5 Å². The first kappa shape index (κ1) is 18.5. The van der Waals surface area contributed by atoms with Crippen molar-refractivity contribution in [3.05, 3.63) is 22.4 Å².